The van der Waals surface area contributed by atoms with Crippen molar-refractivity contribution in [3.8, 4) is 0 Å². The Hall–Kier alpha value is -3.89. The largest absolute Gasteiger partial charge is 0.355 e. The maximum Gasteiger partial charge on any atom is 0.258 e. The molecule has 10 heteroatoms. The second-order valence-corrected chi connectivity index (χ2v) is 9.91. The summed E-state index contributed by atoms with van der Waals surface area (Å²) in [5, 5.41) is 6.70. The number of aryl methyl sites for hydroxylation is 1. The highest BCUT2D eigenvalue weighted by atomic mass is 32.1. The zero-order valence-electron chi connectivity index (χ0n) is 19.8. The Balaban J connectivity index is 1.50. The maximum atomic E-state index is 13.7. The number of pyridine rings is 2. The van der Waals surface area contributed by atoms with Gasteiger partial charge < -0.3 is 15.5 Å². The van der Waals surface area contributed by atoms with Gasteiger partial charge in [-0.3, -0.25) is 24.0 Å². The molecule has 1 aromatic carbocycles. The molecule has 2 N–H and O–H groups in total. The Morgan fingerprint density at radius 3 is 2.86 bits per heavy atom. The van der Waals surface area contributed by atoms with Crippen molar-refractivity contribution in [2.24, 2.45) is 0 Å². The summed E-state index contributed by atoms with van der Waals surface area (Å²) in [6.07, 6.45) is 4.31. The maximum absolute atomic E-state index is 13.7. The molecule has 1 fully saturated rings. The summed E-state index contributed by atoms with van der Waals surface area (Å²) in [7, 11) is 0. The van der Waals surface area contributed by atoms with Crippen molar-refractivity contribution in [1.82, 2.24) is 30.0 Å². The highest BCUT2D eigenvalue weighted by Gasteiger charge is 2.23. The number of aromatic nitrogens is 4. The lowest BCUT2D eigenvalue weighted by Crippen LogP contribution is -2.30. The SMILES string of the molecule is Cc1cnc(CNC(=O)c2c(=O)c3ccc(N4CCCNCC4)nc3n3c2sc2ccccc23)cn1. The van der Waals surface area contributed by atoms with E-state index < -0.39 is 5.91 Å². The number of nitrogens with zero attached hydrogens (tertiary/aromatic N) is 5. The summed E-state index contributed by atoms with van der Waals surface area (Å²) in [6, 6.07) is 11.6. The number of benzene rings is 1. The monoisotopic (exact) mass is 499 g/mol. The number of amides is 1. The molecular weight excluding hydrogens is 474 g/mol. The fraction of sp³-hybridized carbons (Fsp3) is 0.269. The second kappa shape index (κ2) is 9.29. The number of carbonyl (C=O) groups is 1. The first-order valence-electron chi connectivity index (χ1n) is 12.0. The van der Waals surface area contributed by atoms with Crippen molar-refractivity contribution in [3.63, 3.8) is 0 Å². The second-order valence-electron chi connectivity index (χ2n) is 8.88. The number of thiazole rings is 1. The highest BCUT2D eigenvalue weighted by molar-refractivity contribution is 7.24. The van der Waals surface area contributed by atoms with Crippen LogP contribution < -0.4 is 21.0 Å². The lowest BCUT2D eigenvalue weighted by atomic mass is 10.1. The van der Waals surface area contributed by atoms with Crippen molar-refractivity contribution in [3.05, 3.63) is 76.0 Å². The number of carbonyl (C=O) groups excluding carboxylic acids is 1. The first-order valence-corrected chi connectivity index (χ1v) is 12.8. The number of anilines is 1. The van der Waals surface area contributed by atoms with E-state index in [9.17, 15) is 9.59 Å². The molecule has 9 nitrogen and oxygen atoms in total. The van der Waals surface area contributed by atoms with Gasteiger partial charge in [-0.1, -0.05) is 12.1 Å². The lowest BCUT2D eigenvalue weighted by molar-refractivity contribution is 0.0951. The van der Waals surface area contributed by atoms with Crippen LogP contribution in [0.1, 0.15) is 28.2 Å². The van der Waals surface area contributed by atoms with E-state index in [2.05, 4.69) is 25.5 Å². The molecule has 0 saturated carbocycles. The van der Waals surface area contributed by atoms with Crippen LogP contribution in [0.3, 0.4) is 0 Å². The third kappa shape index (κ3) is 3.98. The molecule has 6 rings (SSSR count). The standard InChI is InChI=1S/C26H25N7O2S/c1-16-13-29-17(14-28-16)15-30-25(35)22-23(34)18-7-8-21(32-11-4-9-27-10-12-32)31-24(18)33-19-5-2-3-6-20(19)36-26(22)33/h2-3,5-8,13-14,27H,4,9-12,15H2,1H3,(H,30,35). The van der Waals surface area contributed by atoms with E-state index in [0.29, 0.717) is 21.6 Å². The first kappa shape index (κ1) is 22.6. The van der Waals surface area contributed by atoms with E-state index in [1.54, 1.807) is 18.5 Å². The predicted octanol–water partition coefficient (Wildman–Crippen LogP) is 2.89. The van der Waals surface area contributed by atoms with Crippen LogP contribution in [0.4, 0.5) is 5.82 Å². The van der Waals surface area contributed by atoms with Gasteiger partial charge >= 0.3 is 0 Å². The van der Waals surface area contributed by atoms with Gasteiger partial charge in [-0.2, -0.15) is 0 Å². The molecule has 4 aromatic heterocycles. The van der Waals surface area contributed by atoms with Crippen LogP contribution in [-0.2, 0) is 6.54 Å². The average molecular weight is 500 g/mol. The quantitative estimate of drug-likeness (QED) is 0.392. The Morgan fingerprint density at radius 2 is 2.00 bits per heavy atom. The zero-order chi connectivity index (χ0) is 24.6. The summed E-state index contributed by atoms with van der Waals surface area (Å²) in [4.78, 5) is 43.4. The van der Waals surface area contributed by atoms with Crippen molar-refractivity contribution in [2.45, 2.75) is 19.9 Å². The Bertz CT molecular complexity index is 1650. The van der Waals surface area contributed by atoms with Crippen molar-refractivity contribution >= 4 is 49.1 Å². The molecule has 0 bridgehead atoms. The van der Waals surface area contributed by atoms with E-state index >= 15 is 0 Å². The number of rotatable bonds is 4. The number of fused-ring (bicyclic) bond motifs is 5. The fourth-order valence-electron chi connectivity index (χ4n) is 4.60. The minimum Gasteiger partial charge on any atom is -0.355 e. The first-order chi connectivity index (χ1) is 17.6. The van der Waals surface area contributed by atoms with Crippen LogP contribution in [0.5, 0.6) is 0 Å². The van der Waals surface area contributed by atoms with Gasteiger partial charge in [0.2, 0.25) is 5.43 Å². The molecular formula is C26H25N7O2S. The lowest BCUT2D eigenvalue weighted by Gasteiger charge is -2.21. The minimum absolute atomic E-state index is 0.122. The molecule has 0 radical (unpaired) electrons. The molecule has 1 amide bonds. The van der Waals surface area contributed by atoms with Gasteiger partial charge in [-0.25, -0.2) is 4.98 Å². The van der Waals surface area contributed by atoms with Crippen LogP contribution in [0.15, 0.2) is 53.6 Å². The van der Waals surface area contributed by atoms with Crippen LogP contribution in [0, 0.1) is 6.92 Å². The highest BCUT2D eigenvalue weighted by Crippen LogP contribution is 2.31. The molecule has 182 valence electrons. The third-order valence-corrected chi connectivity index (χ3v) is 7.57. The minimum atomic E-state index is -0.434. The van der Waals surface area contributed by atoms with E-state index in [1.807, 2.05) is 41.7 Å². The van der Waals surface area contributed by atoms with Crippen LogP contribution in [0.25, 0.3) is 26.1 Å². The summed E-state index contributed by atoms with van der Waals surface area (Å²) in [5.41, 5.74) is 2.72. The van der Waals surface area contributed by atoms with E-state index in [0.717, 1.165) is 54.3 Å². The predicted molar refractivity (Wildman–Crippen MR) is 142 cm³/mol. The summed E-state index contributed by atoms with van der Waals surface area (Å²) >= 11 is 1.42. The molecule has 5 aromatic rings. The van der Waals surface area contributed by atoms with Gasteiger partial charge in [0.25, 0.3) is 5.91 Å². The van der Waals surface area contributed by atoms with Crippen molar-refractivity contribution in [1.29, 1.82) is 0 Å². The average Bonchev–Trinajstić information content (AvgIpc) is 3.07. The molecule has 1 aliphatic heterocycles. The molecule has 0 spiro atoms. The van der Waals surface area contributed by atoms with Crippen LogP contribution in [0.2, 0.25) is 0 Å². The Morgan fingerprint density at radius 1 is 1.11 bits per heavy atom. The number of nitrogens with one attached hydrogen (secondary N) is 2. The van der Waals surface area contributed by atoms with Gasteiger partial charge in [0.15, 0.2) is 5.65 Å². The molecule has 36 heavy (non-hydrogen) atoms. The van der Waals surface area contributed by atoms with Crippen LogP contribution in [-0.4, -0.2) is 51.4 Å². The van der Waals surface area contributed by atoms with E-state index in [4.69, 9.17) is 4.98 Å². The van der Waals surface area contributed by atoms with Crippen LogP contribution >= 0.6 is 11.3 Å². The molecule has 0 atom stereocenters. The summed E-state index contributed by atoms with van der Waals surface area (Å²) in [5.74, 6) is 0.404. The van der Waals surface area contributed by atoms with Crippen molar-refractivity contribution < 1.29 is 4.79 Å². The Labute approximate surface area is 210 Å². The molecule has 1 aliphatic rings. The Kier molecular flexibility index (Phi) is 5.82. The molecule has 0 unspecified atom stereocenters. The third-order valence-electron chi connectivity index (χ3n) is 6.43. The molecule has 1 saturated heterocycles. The van der Waals surface area contributed by atoms with E-state index in [1.165, 1.54) is 11.3 Å². The molecule has 5 heterocycles. The van der Waals surface area contributed by atoms with Crippen molar-refractivity contribution in [2.75, 3.05) is 31.1 Å². The van der Waals surface area contributed by atoms with Gasteiger partial charge in [0, 0.05) is 25.8 Å². The molecule has 0 aliphatic carbocycles. The summed E-state index contributed by atoms with van der Waals surface area (Å²) in [6.45, 7) is 5.66. The normalized spacial score (nSPS) is 14.4. The summed E-state index contributed by atoms with van der Waals surface area (Å²) < 4.78 is 2.94. The van der Waals surface area contributed by atoms with E-state index in [-0.39, 0.29) is 17.5 Å². The zero-order valence-corrected chi connectivity index (χ0v) is 20.6. The topological polar surface area (TPSA) is 105 Å². The van der Waals surface area contributed by atoms with Gasteiger partial charge in [0.1, 0.15) is 16.2 Å². The van der Waals surface area contributed by atoms with Gasteiger partial charge in [-0.15, -0.1) is 11.3 Å². The smallest absolute Gasteiger partial charge is 0.258 e. The van der Waals surface area contributed by atoms with Gasteiger partial charge in [0.05, 0.1) is 39.7 Å². The fourth-order valence-corrected chi connectivity index (χ4v) is 5.78. The number of hydrogen-bond acceptors (Lipinski definition) is 8. The number of hydrogen-bond donors (Lipinski definition) is 2. The number of para-hydroxylation sites is 1. The van der Waals surface area contributed by atoms with Gasteiger partial charge in [-0.05, 0) is 44.2 Å².